The summed E-state index contributed by atoms with van der Waals surface area (Å²) in [6.07, 6.45) is 3.41. The largest absolute Gasteiger partial charge is 0.477 e. The van der Waals surface area contributed by atoms with Crippen molar-refractivity contribution in [2.24, 2.45) is 5.73 Å². The molecule has 1 amide bonds. The van der Waals surface area contributed by atoms with Crippen LogP contribution in [0, 0.1) is 11.6 Å². The van der Waals surface area contributed by atoms with Crippen molar-refractivity contribution in [2.75, 3.05) is 18.0 Å². The second-order valence-electron chi connectivity index (χ2n) is 9.47. The van der Waals surface area contributed by atoms with Gasteiger partial charge in [0.2, 0.25) is 11.3 Å². The van der Waals surface area contributed by atoms with Crippen LogP contribution in [-0.2, 0) is 11.2 Å². The lowest BCUT2D eigenvalue weighted by Gasteiger charge is -2.23. The van der Waals surface area contributed by atoms with Crippen LogP contribution in [0.2, 0.25) is 0 Å². The molecule has 1 aliphatic carbocycles. The van der Waals surface area contributed by atoms with E-state index in [9.17, 15) is 19.5 Å². The molecule has 8 nitrogen and oxygen atoms in total. The number of pyridine rings is 1. The molecule has 4 N–H and O–H groups in total. The molecule has 2 atom stereocenters. The van der Waals surface area contributed by atoms with Crippen molar-refractivity contribution >= 4 is 40.9 Å². The van der Waals surface area contributed by atoms with E-state index in [1.807, 2.05) is 30.3 Å². The first-order chi connectivity index (χ1) is 17.2. The average Bonchev–Trinajstić information content (AvgIpc) is 3.59. The summed E-state index contributed by atoms with van der Waals surface area (Å²) in [5.41, 5.74) is 5.17. The second kappa shape index (κ2) is 10.5. The van der Waals surface area contributed by atoms with Crippen LogP contribution in [0.4, 0.5) is 14.5 Å². The molecule has 2 aliphatic rings. The molecule has 1 aliphatic heterocycles. The zero-order valence-corrected chi connectivity index (χ0v) is 20.6. The summed E-state index contributed by atoms with van der Waals surface area (Å²) in [4.78, 5) is 38.3. The molecule has 0 spiro atoms. The number of amides is 1. The predicted octanol–water partition coefficient (Wildman–Crippen LogP) is 3.00. The molecule has 2 aromatic carbocycles. The fraction of sp³-hybridized carbons (Fsp3) is 0.346. The molecule has 3 aromatic rings. The number of aromatic carboxylic acids is 1. The van der Waals surface area contributed by atoms with E-state index in [2.05, 4.69) is 5.32 Å². The maximum Gasteiger partial charge on any atom is 0.341 e. The summed E-state index contributed by atoms with van der Waals surface area (Å²) in [6.45, 7) is 0.461. The molecule has 196 valence electrons. The van der Waals surface area contributed by atoms with E-state index in [1.54, 1.807) is 0 Å². The Morgan fingerprint density at radius 1 is 1.16 bits per heavy atom. The number of fused-ring (bicyclic) bond motifs is 1. The normalized spacial score (nSPS) is 17.9. The van der Waals surface area contributed by atoms with Gasteiger partial charge in [-0.15, -0.1) is 12.4 Å². The number of benzene rings is 2. The van der Waals surface area contributed by atoms with Crippen molar-refractivity contribution in [3.05, 3.63) is 75.6 Å². The molecule has 37 heavy (non-hydrogen) atoms. The van der Waals surface area contributed by atoms with E-state index in [0.29, 0.717) is 32.2 Å². The second-order valence-corrected chi connectivity index (χ2v) is 9.47. The molecule has 0 bridgehead atoms. The lowest BCUT2D eigenvalue weighted by Crippen LogP contribution is -2.47. The highest BCUT2D eigenvalue weighted by Crippen LogP contribution is 2.40. The van der Waals surface area contributed by atoms with E-state index >= 15 is 8.78 Å². The summed E-state index contributed by atoms with van der Waals surface area (Å²) in [5.74, 6) is -3.63. The molecule has 2 heterocycles. The quantitative estimate of drug-likeness (QED) is 0.430. The standard InChI is InChI=1S/C26H26F2N4O4.ClH/c27-19-11-17-22(32(16-6-7-16)13-18(24(17)33)26(35)36)21(28)23(19)31-9-8-15(12-31)30-25(34)20(29)10-14-4-2-1-3-5-14;/h1-5,11,13,15-16,20H,6-10,12,29H2,(H,30,34)(H,35,36);1H/t15-,20-;/m0./s1. The van der Waals surface area contributed by atoms with Crippen LogP contribution < -0.4 is 21.4 Å². The molecule has 0 radical (unpaired) electrons. The van der Waals surface area contributed by atoms with Crippen molar-refractivity contribution in [3.8, 4) is 0 Å². The molecule has 2 fully saturated rings. The van der Waals surface area contributed by atoms with Crippen molar-refractivity contribution in [1.29, 1.82) is 0 Å². The molecular formula is C26H27ClF2N4O4. The monoisotopic (exact) mass is 532 g/mol. The van der Waals surface area contributed by atoms with E-state index in [4.69, 9.17) is 5.73 Å². The van der Waals surface area contributed by atoms with Gasteiger partial charge >= 0.3 is 5.97 Å². The van der Waals surface area contributed by atoms with Crippen LogP contribution in [-0.4, -0.2) is 46.7 Å². The number of carbonyl (C=O) groups excluding carboxylic acids is 1. The first-order valence-corrected chi connectivity index (χ1v) is 11.9. The number of carboxylic acids is 1. The first-order valence-electron chi connectivity index (χ1n) is 11.9. The topological polar surface area (TPSA) is 118 Å². The van der Waals surface area contributed by atoms with Gasteiger partial charge in [-0.2, -0.15) is 0 Å². The number of nitrogens with one attached hydrogen (secondary N) is 1. The van der Waals surface area contributed by atoms with Gasteiger partial charge in [-0.25, -0.2) is 13.6 Å². The Hall–Kier alpha value is -3.50. The van der Waals surface area contributed by atoms with Gasteiger partial charge in [0.05, 0.1) is 16.9 Å². The van der Waals surface area contributed by atoms with Gasteiger partial charge in [-0.1, -0.05) is 30.3 Å². The number of carbonyl (C=O) groups is 2. The van der Waals surface area contributed by atoms with Crippen molar-refractivity contribution in [1.82, 2.24) is 9.88 Å². The number of halogens is 3. The Bertz CT molecular complexity index is 1410. The third-order valence-corrected chi connectivity index (χ3v) is 6.84. The summed E-state index contributed by atoms with van der Waals surface area (Å²) in [7, 11) is 0. The van der Waals surface area contributed by atoms with Crippen LogP contribution in [0.3, 0.4) is 0 Å². The Kier molecular flexibility index (Phi) is 7.52. The van der Waals surface area contributed by atoms with Gasteiger partial charge in [-0.05, 0) is 37.3 Å². The van der Waals surface area contributed by atoms with Gasteiger partial charge in [-0.3, -0.25) is 9.59 Å². The SMILES string of the molecule is Cl.N[C@@H](Cc1ccccc1)C(=O)N[C@H]1CCN(c2c(F)cc3c(=O)c(C(=O)O)cn(C4CC4)c3c2F)C1. The number of nitrogens with two attached hydrogens (primary N) is 1. The van der Waals surface area contributed by atoms with E-state index in [0.717, 1.165) is 17.8 Å². The molecule has 5 rings (SSSR count). The highest BCUT2D eigenvalue weighted by molar-refractivity contribution is 5.94. The van der Waals surface area contributed by atoms with Gasteiger partial charge in [0.15, 0.2) is 5.82 Å². The maximum absolute atomic E-state index is 15.8. The smallest absolute Gasteiger partial charge is 0.341 e. The number of anilines is 1. The molecule has 1 aromatic heterocycles. The lowest BCUT2D eigenvalue weighted by atomic mass is 10.1. The number of rotatable bonds is 7. The van der Waals surface area contributed by atoms with E-state index in [1.165, 1.54) is 9.47 Å². The third-order valence-electron chi connectivity index (χ3n) is 6.84. The number of hydrogen-bond acceptors (Lipinski definition) is 5. The van der Waals surface area contributed by atoms with Crippen molar-refractivity contribution < 1.29 is 23.5 Å². The lowest BCUT2D eigenvalue weighted by molar-refractivity contribution is -0.122. The number of aromatic nitrogens is 1. The highest BCUT2D eigenvalue weighted by atomic mass is 35.5. The molecule has 0 unspecified atom stereocenters. The molecule has 11 heteroatoms. The van der Waals surface area contributed by atoms with Crippen molar-refractivity contribution in [3.63, 3.8) is 0 Å². The van der Waals surface area contributed by atoms with Gasteiger partial charge in [0, 0.05) is 31.4 Å². The summed E-state index contributed by atoms with van der Waals surface area (Å²) in [5, 5.41) is 12.0. The predicted molar refractivity (Wildman–Crippen MR) is 137 cm³/mol. The Labute approximate surface area is 217 Å². The minimum absolute atomic E-state index is 0. The maximum atomic E-state index is 15.8. The highest BCUT2D eigenvalue weighted by Gasteiger charge is 2.33. The molecule has 1 saturated heterocycles. The molecular weight excluding hydrogens is 506 g/mol. The Balaban J connectivity index is 0.00000320. The summed E-state index contributed by atoms with van der Waals surface area (Å²) < 4.78 is 32.4. The minimum atomic E-state index is -1.44. The molecule has 1 saturated carbocycles. The van der Waals surface area contributed by atoms with Crippen LogP contribution in [0.25, 0.3) is 10.9 Å². The van der Waals surface area contributed by atoms with Crippen LogP contribution in [0.5, 0.6) is 0 Å². The van der Waals surface area contributed by atoms with E-state index in [-0.39, 0.29) is 53.5 Å². The van der Waals surface area contributed by atoms with Crippen LogP contribution >= 0.6 is 12.4 Å². The van der Waals surface area contributed by atoms with Gasteiger partial charge in [0.25, 0.3) is 0 Å². The average molecular weight is 533 g/mol. The van der Waals surface area contributed by atoms with Crippen molar-refractivity contribution in [2.45, 2.75) is 43.8 Å². The number of carboxylic acid groups (broad SMARTS) is 1. The third kappa shape index (κ3) is 5.17. The van der Waals surface area contributed by atoms with Gasteiger partial charge in [0.1, 0.15) is 17.1 Å². The van der Waals surface area contributed by atoms with Crippen LogP contribution in [0.15, 0.2) is 47.4 Å². The summed E-state index contributed by atoms with van der Waals surface area (Å²) in [6, 6.07) is 9.05. The zero-order chi connectivity index (χ0) is 25.6. The summed E-state index contributed by atoms with van der Waals surface area (Å²) >= 11 is 0. The van der Waals surface area contributed by atoms with Crippen LogP contribution in [0.1, 0.15) is 41.2 Å². The zero-order valence-electron chi connectivity index (χ0n) is 19.8. The minimum Gasteiger partial charge on any atom is -0.477 e. The van der Waals surface area contributed by atoms with E-state index < -0.39 is 34.6 Å². The fourth-order valence-corrected chi connectivity index (χ4v) is 4.86. The van der Waals surface area contributed by atoms with Gasteiger partial charge < -0.3 is 25.6 Å². The fourth-order valence-electron chi connectivity index (χ4n) is 4.86. The first kappa shape index (κ1) is 26.6. The Morgan fingerprint density at radius 3 is 2.51 bits per heavy atom. The number of nitrogens with zero attached hydrogens (tertiary/aromatic N) is 2. The Morgan fingerprint density at radius 2 is 1.86 bits per heavy atom. The number of hydrogen-bond donors (Lipinski definition) is 3.